The number of aliphatic hydroxyl groups excluding tert-OH is 2. The van der Waals surface area contributed by atoms with Gasteiger partial charge in [0.25, 0.3) is 0 Å². The fourth-order valence-corrected chi connectivity index (χ4v) is 3.13. The van der Waals surface area contributed by atoms with Gasteiger partial charge in [0, 0.05) is 18.6 Å². The van der Waals surface area contributed by atoms with Gasteiger partial charge in [-0.2, -0.15) is 4.98 Å². The zero-order valence-corrected chi connectivity index (χ0v) is 11.0. The lowest BCUT2D eigenvalue weighted by molar-refractivity contribution is 0.0752. The Bertz CT molecular complexity index is 694. The number of nitrogen functional groups attached to an aromatic ring is 1. The minimum atomic E-state index is -0.566. The molecule has 8 nitrogen and oxygen atoms in total. The molecule has 2 aromatic heterocycles. The first-order chi connectivity index (χ1) is 9.52. The number of nitrogens with two attached hydrogens (primary N) is 1. The SMILES string of the molecule is CC1C(CO)C(O)CC1n1cnc2c(=O)nc(N)[nH]c21. The average molecular weight is 279 g/mol. The predicted molar refractivity (Wildman–Crippen MR) is 72.0 cm³/mol. The Kier molecular flexibility index (Phi) is 2.98. The lowest BCUT2D eigenvalue weighted by Crippen LogP contribution is -2.22. The number of nitrogens with one attached hydrogen (secondary N) is 1. The van der Waals surface area contributed by atoms with E-state index in [9.17, 15) is 15.0 Å². The molecule has 1 aliphatic rings. The Morgan fingerprint density at radius 2 is 2.35 bits per heavy atom. The van der Waals surface area contributed by atoms with E-state index in [4.69, 9.17) is 5.73 Å². The summed E-state index contributed by atoms with van der Waals surface area (Å²) >= 11 is 0. The first-order valence-corrected chi connectivity index (χ1v) is 6.54. The smallest absolute Gasteiger partial charge is 0.302 e. The molecule has 0 saturated heterocycles. The topological polar surface area (TPSA) is 130 Å². The predicted octanol–water partition coefficient (Wildman–Crippen LogP) is -0.748. The number of anilines is 1. The van der Waals surface area contributed by atoms with Crippen molar-refractivity contribution in [3.8, 4) is 0 Å². The van der Waals surface area contributed by atoms with Gasteiger partial charge in [-0.3, -0.25) is 4.79 Å². The number of fused-ring (bicyclic) bond motifs is 1. The molecule has 1 aliphatic carbocycles. The molecule has 0 aliphatic heterocycles. The van der Waals surface area contributed by atoms with E-state index in [0.717, 1.165) is 0 Å². The second-order valence-electron chi connectivity index (χ2n) is 5.35. The molecule has 4 atom stereocenters. The van der Waals surface area contributed by atoms with Crippen molar-refractivity contribution >= 4 is 17.1 Å². The van der Waals surface area contributed by atoms with Crippen LogP contribution in [0.25, 0.3) is 11.2 Å². The molecule has 0 amide bonds. The van der Waals surface area contributed by atoms with Gasteiger partial charge in [0.1, 0.15) is 5.65 Å². The average Bonchev–Trinajstić information content (AvgIpc) is 2.91. The van der Waals surface area contributed by atoms with Crippen LogP contribution in [-0.4, -0.2) is 42.4 Å². The number of hydrogen-bond acceptors (Lipinski definition) is 6. The van der Waals surface area contributed by atoms with Crippen LogP contribution in [0.5, 0.6) is 0 Å². The van der Waals surface area contributed by atoms with Crippen LogP contribution in [-0.2, 0) is 0 Å². The van der Waals surface area contributed by atoms with Crippen LogP contribution in [0, 0.1) is 11.8 Å². The number of hydrogen-bond donors (Lipinski definition) is 4. The van der Waals surface area contributed by atoms with Crippen LogP contribution >= 0.6 is 0 Å². The van der Waals surface area contributed by atoms with Gasteiger partial charge in [-0.15, -0.1) is 0 Å². The minimum Gasteiger partial charge on any atom is -0.396 e. The number of aromatic nitrogens is 4. The second kappa shape index (κ2) is 4.57. The van der Waals surface area contributed by atoms with E-state index in [1.54, 1.807) is 10.9 Å². The van der Waals surface area contributed by atoms with Gasteiger partial charge in [0.2, 0.25) is 5.95 Å². The summed E-state index contributed by atoms with van der Waals surface area (Å²) in [6.07, 6.45) is 1.49. The van der Waals surface area contributed by atoms with E-state index >= 15 is 0 Å². The van der Waals surface area contributed by atoms with Crippen molar-refractivity contribution in [1.29, 1.82) is 0 Å². The van der Waals surface area contributed by atoms with Crippen molar-refractivity contribution in [2.45, 2.75) is 25.5 Å². The summed E-state index contributed by atoms with van der Waals surface area (Å²) < 4.78 is 1.80. The third kappa shape index (κ3) is 1.80. The van der Waals surface area contributed by atoms with Crippen molar-refractivity contribution in [2.75, 3.05) is 12.3 Å². The molecule has 0 radical (unpaired) electrons. The third-order valence-electron chi connectivity index (χ3n) is 4.29. The highest BCUT2D eigenvalue weighted by Gasteiger charge is 2.40. The van der Waals surface area contributed by atoms with E-state index < -0.39 is 11.7 Å². The second-order valence-corrected chi connectivity index (χ2v) is 5.35. The van der Waals surface area contributed by atoms with Crippen LogP contribution in [0.1, 0.15) is 19.4 Å². The lowest BCUT2D eigenvalue weighted by atomic mass is 9.95. The van der Waals surface area contributed by atoms with Crippen LogP contribution in [0.2, 0.25) is 0 Å². The summed E-state index contributed by atoms with van der Waals surface area (Å²) in [6.45, 7) is 1.90. The normalized spacial score (nSPS) is 30.1. The molecule has 108 valence electrons. The summed E-state index contributed by atoms with van der Waals surface area (Å²) in [7, 11) is 0. The largest absolute Gasteiger partial charge is 0.396 e. The molecule has 5 N–H and O–H groups in total. The Morgan fingerprint density at radius 3 is 3.00 bits per heavy atom. The van der Waals surface area contributed by atoms with Gasteiger partial charge in [0.15, 0.2) is 5.52 Å². The van der Waals surface area contributed by atoms with Crippen molar-refractivity contribution in [3.63, 3.8) is 0 Å². The third-order valence-corrected chi connectivity index (χ3v) is 4.29. The van der Waals surface area contributed by atoms with Crippen LogP contribution in [0.3, 0.4) is 0 Å². The van der Waals surface area contributed by atoms with E-state index in [2.05, 4.69) is 15.0 Å². The maximum atomic E-state index is 11.7. The Morgan fingerprint density at radius 1 is 1.60 bits per heavy atom. The van der Waals surface area contributed by atoms with Crippen molar-refractivity contribution in [2.24, 2.45) is 11.8 Å². The molecule has 8 heteroatoms. The van der Waals surface area contributed by atoms with Gasteiger partial charge in [0.05, 0.1) is 12.4 Å². The molecule has 1 fully saturated rings. The fraction of sp³-hybridized carbons (Fsp3) is 0.583. The standard InChI is InChI=1S/C12H17N5O3/c1-5-6(3-18)8(19)2-7(5)17-4-14-9-10(17)15-12(13)16-11(9)20/h4-8,18-19H,2-3H2,1H3,(H3,13,15,16,20). The monoisotopic (exact) mass is 279 g/mol. The maximum absolute atomic E-state index is 11.7. The zero-order chi connectivity index (χ0) is 14.4. The number of rotatable bonds is 2. The van der Waals surface area contributed by atoms with Crippen molar-refractivity contribution < 1.29 is 10.2 Å². The van der Waals surface area contributed by atoms with Gasteiger partial charge >= 0.3 is 5.56 Å². The number of aliphatic hydroxyl groups is 2. The molecule has 4 unspecified atom stereocenters. The van der Waals surface area contributed by atoms with Gasteiger partial charge in [-0.1, -0.05) is 6.92 Å². The molecule has 1 saturated carbocycles. The molecule has 20 heavy (non-hydrogen) atoms. The number of H-pyrrole nitrogens is 1. The highest BCUT2D eigenvalue weighted by Crippen LogP contribution is 2.40. The quantitative estimate of drug-likeness (QED) is 0.572. The van der Waals surface area contributed by atoms with Crippen LogP contribution < -0.4 is 11.3 Å². The highest BCUT2D eigenvalue weighted by molar-refractivity contribution is 5.70. The summed E-state index contributed by atoms with van der Waals surface area (Å²) in [5.41, 5.74) is 5.83. The number of imidazole rings is 1. The molecule has 0 spiro atoms. The summed E-state index contributed by atoms with van der Waals surface area (Å²) in [5, 5.41) is 19.4. The number of nitrogens with zero attached hydrogens (tertiary/aromatic N) is 3. The molecule has 0 bridgehead atoms. The Hall–Kier alpha value is -1.93. The molecular formula is C12H17N5O3. The van der Waals surface area contributed by atoms with E-state index in [1.165, 1.54) is 0 Å². The van der Waals surface area contributed by atoms with E-state index in [1.807, 2.05) is 6.92 Å². The lowest BCUT2D eigenvalue weighted by Gasteiger charge is -2.20. The van der Waals surface area contributed by atoms with Crippen LogP contribution in [0.4, 0.5) is 5.95 Å². The summed E-state index contributed by atoms with van der Waals surface area (Å²) in [6, 6.07) is -0.0513. The van der Waals surface area contributed by atoms with Gasteiger partial charge < -0.3 is 25.5 Å². The van der Waals surface area contributed by atoms with Crippen molar-refractivity contribution in [3.05, 3.63) is 16.7 Å². The summed E-state index contributed by atoms with van der Waals surface area (Å²) in [4.78, 5) is 22.2. The molecular weight excluding hydrogens is 262 g/mol. The van der Waals surface area contributed by atoms with E-state index in [0.29, 0.717) is 12.1 Å². The molecule has 2 aromatic rings. The summed E-state index contributed by atoms with van der Waals surface area (Å²) in [5.74, 6) is -0.0807. The zero-order valence-electron chi connectivity index (χ0n) is 11.0. The fourth-order valence-electron chi connectivity index (χ4n) is 3.13. The van der Waals surface area contributed by atoms with E-state index in [-0.39, 0.29) is 35.9 Å². The van der Waals surface area contributed by atoms with Gasteiger partial charge in [-0.05, 0) is 12.3 Å². The van der Waals surface area contributed by atoms with Gasteiger partial charge in [-0.25, -0.2) is 4.98 Å². The van der Waals surface area contributed by atoms with Crippen molar-refractivity contribution in [1.82, 2.24) is 19.5 Å². The molecule has 0 aromatic carbocycles. The number of aromatic amines is 1. The molecule has 3 rings (SSSR count). The highest BCUT2D eigenvalue weighted by atomic mass is 16.3. The minimum absolute atomic E-state index is 0.0363. The van der Waals surface area contributed by atoms with Crippen LogP contribution in [0.15, 0.2) is 11.1 Å². The Labute approximate surface area is 114 Å². The molecule has 2 heterocycles. The first-order valence-electron chi connectivity index (χ1n) is 6.54. The first kappa shape index (κ1) is 13.1. The Balaban J connectivity index is 2.10. The maximum Gasteiger partial charge on any atom is 0.302 e.